The van der Waals surface area contributed by atoms with E-state index in [1.807, 2.05) is 0 Å². The average Bonchev–Trinajstić information content (AvgIpc) is 3.45. The van der Waals surface area contributed by atoms with Gasteiger partial charge in [-0.05, 0) is 124 Å². The lowest BCUT2D eigenvalue weighted by atomic mass is 9.74. The van der Waals surface area contributed by atoms with E-state index in [0.717, 1.165) is 28.4 Å². The highest BCUT2D eigenvalue weighted by atomic mass is 15.1. The SMILES string of the molecule is Cc1ccc(N(c2ccccc2)c2ccccc2)cc1C(C)(C)c1ccc2c(c1)-c1c(cc(N(c3ccccc3)c3ccccc3)c3ccccc13)C2(C)C. The zero-order valence-electron chi connectivity index (χ0n) is 32.3. The van der Waals surface area contributed by atoms with E-state index in [0.29, 0.717) is 0 Å². The number of para-hydroxylation sites is 4. The number of anilines is 6. The van der Waals surface area contributed by atoms with Crippen molar-refractivity contribution in [2.24, 2.45) is 0 Å². The van der Waals surface area contributed by atoms with Crippen molar-refractivity contribution in [1.82, 2.24) is 0 Å². The summed E-state index contributed by atoms with van der Waals surface area (Å²) >= 11 is 0. The predicted molar refractivity (Wildman–Crippen MR) is 234 cm³/mol. The summed E-state index contributed by atoms with van der Waals surface area (Å²) in [5.74, 6) is 0. The molecule has 1 aliphatic rings. The van der Waals surface area contributed by atoms with Crippen molar-refractivity contribution in [2.45, 2.75) is 45.4 Å². The van der Waals surface area contributed by atoms with Gasteiger partial charge in [-0.3, -0.25) is 0 Å². The van der Waals surface area contributed by atoms with E-state index in [2.05, 4.69) is 232 Å². The van der Waals surface area contributed by atoms with Crippen LogP contribution in [0.1, 0.15) is 55.5 Å². The maximum atomic E-state index is 2.50. The highest BCUT2D eigenvalue weighted by molar-refractivity contribution is 6.10. The van der Waals surface area contributed by atoms with Crippen LogP contribution >= 0.6 is 0 Å². The molecule has 0 amide bonds. The standard InChI is InChI=1S/C53H46N2/c1-37-30-32-43(54(39-20-10-6-11-21-39)40-22-12-7-13-23-40)35-48(37)52(2,3)38-31-33-47-46(34-38)51-45-29-19-18-28-44(45)50(36-49(51)53(47,4)5)55(41-24-14-8-15-25-41)42-26-16-9-17-27-42/h6-36H,1-5H3. The van der Waals surface area contributed by atoms with Crippen LogP contribution in [0.25, 0.3) is 21.9 Å². The van der Waals surface area contributed by atoms with Gasteiger partial charge in [0.1, 0.15) is 0 Å². The minimum Gasteiger partial charge on any atom is -0.310 e. The molecule has 0 aromatic heterocycles. The molecule has 55 heavy (non-hydrogen) atoms. The quantitative estimate of drug-likeness (QED) is 0.155. The van der Waals surface area contributed by atoms with E-state index in [1.54, 1.807) is 0 Å². The molecule has 0 saturated heterocycles. The van der Waals surface area contributed by atoms with Crippen LogP contribution < -0.4 is 9.80 Å². The van der Waals surface area contributed by atoms with Crippen molar-refractivity contribution in [3.63, 3.8) is 0 Å². The molecule has 8 aromatic carbocycles. The second-order valence-electron chi connectivity index (χ2n) is 15.9. The first-order valence-electron chi connectivity index (χ1n) is 19.4. The van der Waals surface area contributed by atoms with E-state index >= 15 is 0 Å². The number of nitrogens with zero attached hydrogens (tertiary/aromatic N) is 2. The Labute approximate surface area is 326 Å². The molecule has 0 atom stereocenters. The Balaban J connectivity index is 1.20. The van der Waals surface area contributed by atoms with E-state index in [1.165, 1.54) is 55.4 Å². The number of rotatable bonds is 8. The van der Waals surface area contributed by atoms with Gasteiger partial charge in [-0.25, -0.2) is 0 Å². The van der Waals surface area contributed by atoms with Crippen LogP contribution in [-0.2, 0) is 10.8 Å². The monoisotopic (exact) mass is 710 g/mol. The average molecular weight is 711 g/mol. The Hall–Kier alpha value is -6.38. The summed E-state index contributed by atoms with van der Waals surface area (Å²) in [6, 6.07) is 68.6. The number of fused-ring (bicyclic) bond motifs is 5. The van der Waals surface area contributed by atoms with Gasteiger partial charge < -0.3 is 9.80 Å². The molecule has 0 saturated carbocycles. The van der Waals surface area contributed by atoms with Crippen molar-refractivity contribution in [3.8, 4) is 11.1 Å². The molecule has 0 fully saturated rings. The number of hydrogen-bond acceptors (Lipinski definition) is 2. The smallest absolute Gasteiger partial charge is 0.0543 e. The molecule has 0 unspecified atom stereocenters. The van der Waals surface area contributed by atoms with Gasteiger partial charge in [0.2, 0.25) is 0 Å². The van der Waals surface area contributed by atoms with Crippen LogP contribution in [0, 0.1) is 6.92 Å². The maximum absolute atomic E-state index is 2.50. The third-order valence-corrected chi connectivity index (χ3v) is 11.8. The molecule has 0 radical (unpaired) electrons. The van der Waals surface area contributed by atoms with Crippen LogP contribution in [0.2, 0.25) is 0 Å². The molecule has 0 heterocycles. The molecule has 9 rings (SSSR count). The normalized spacial score (nSPS) is 13.0. The van der Waals surface area contributed by atoms with Crippen molar-refractivity contribution in [3.05, 3.63) is 216 Å². The third-order valence-electron chi connectivity index (χ3n) is 11.8. The lowest BCUT2D eigenvalue weighted by Gasteiger charge is -2.32. The van der Waals surface area contributed by atoms with E-state index in [4.69, 9.17) is 0 Å². The van der Waals surface area contributed by atoms with Crippen LogP contribution in [0.4, 0.5) is 34.1 Å². The fourth-order valence-electron chi connectivity index (χ4n) is 8.91. The first-order valence-corrected chi connectivity index (χ1v) is 19.4. The number of hydrogen-bond donors (Lipinski definition) is 0. The summed E-state index contributed by atoms with van der Waals surface area (Å²) in [4.78, 5) is 4.78. The second kappa shape index (κ2) is 13.5. The minimum absolute atomic E-state index is 0.188. The van der Waals surface area contributed by atoms with E-state index in [-0.39, 0.29) is 10.8 Å². The van der Waals surface area contributed by atoms with Gasteiger partial charge in [0.25, 0.3) is 0 Å². The Bertz CT molecular complexity index is 2560. The van der Waals surface area contributed by atoms with Crippen molar-refractivity contribution < 1.29 is 0 Å². The van der Waals surface area contributed by atoms with Gasteiger partial charge in [0, 0.05) is 44.7 Å². The zero-order chi connectivity index (χ0) is 37.7. The Morgan fingerprint density at radius 3 is 1.47 bits per heavy atom. The van der Waals surface area contributed by atoms with Gasteiger partial charge in [-0.15, -0.1) is 0 Å². The number of aryl methyl sites for hydroxylation is 1. The van der Waals surface area contributed by atoms with Crippen molar-refractivity contribution in [1.29, 1.82) is 0 Å². The molecule has 1 aliphatic carbocycles. The molecule has 2 nitrogen and oxygen atoms in total. The summed E-state index contributed by atoms with van der Waals surface area (Å²) in [7, 11) is 0. The molecular formula is C53H46N2. The Morgan fingerprint density at radius 2 is 0.927 bits per heavy atom. The van der Waals surface area contributed by atoms with Gasteiger partial charge >= 0.3 is 0 Å². The molecule has 0 N–H and O–H groups in total. The fraction of sp³-hybridized carbons (Fsp3) is 0.132. The largest absolute Gasteiger partial charge is 0.310 e. The summed E-state index contributed by atoms with van der Waals surface area (Å²) in [5.41, 5.74) is 15.8. The molecule has 2 heteroatoms. The van der Waals surface area contributed by atoms with Crippen LogP contribution in [-0.4, -0.2) is 0 Å². The fourth-order valence-corrected chi connectivity index (χ4v) is 8.91. The van der Waals surface area contributed by atoms with Gasteiger partial charge in [0.15, 0.2) is 0 Å². The van der Waals surface area contributed by atoms with E-state index in [9.17, 15) is 0 Å². The molecule has 0 spiro atoms. The van der Waals surface area contributed by atoms with Crippen LogP contribution in [0.5, 0.6) is 0 Å². The molecule has 0 aliphatic heterocycles. The summed E-state index contributed by atoms with van der Waals surface area (Å²) in [5, 5.41) is 2.53. The van der Waals surface area contributed by atoms with Crippen molar-refractivity contribution >= 4 is 44.9 Å². The zero-order valence-corrected chi connectivity index (χ0v) is 32.3. The summed E-state index contributed by atoms with van der Waals surface area (Å²) in [6.45, 7) is 11.8. The minimum atomic E-state index is -0.270. The lowest BCUT2D eigenvalue weighted by molar-refractivity contribution is 0.632. The van der Waals surface area contributed by atoms with Gasteiger partial charge in [-0.1, -0.05) is 143 Å². The van der Waals surface area contributed by atoms with Crippen LogP contribution in [0.15, 0.2) is 188 Å². The molecule has 8 aromatic rings. The van der Waals surface area contributed by atoms with Crippen LogP contribution in [0.3, 0.4) is 0 Å². The third kappa shape index (κ3) is 5.81. The maximum Gasteiger partial charge on any atom is 0.0543 e. The lowest BCUT2D eigenvalue weighted by Crippen LogP contribution is -2.22. The van der Waals surface area contributed by atoms with Gasteiger partial charge in [0.05, 0.1) is 5.69 Å². The summed E-state index contributed by atoms with van der Waals surface area (Å²) < 4.78 is 0. The first-order chi connectivity index (χ1) is 26.7. The number of benzene rings is 8. The van der Waals surface area contributed by atoms with Gasteiger partial charge in [-0.2, -0.15) is 0 Å². The van der Waals surface area contributed by atoms with E-state index < -0.39 is 0 Å². The Morgan fingerprint density at radius 1 is 0.436 bits per heavy atom. The molecule has 268 valence electrons. The topological polar surface area (TPSA) is 6.48 Å². The molecular weight excluding hydrogens is 665 g/mol. The predicted octanol–water partition coefficient (Wildman–Crippen LogP) is 14.7. The highest BCUT2D eigenvalue weighted by Crippen LogP contribution is 2.55. The molecule has 0 bridgehead atoms. The highest BCUT2D eigenvalue weighted by Gasteiger charge is 2.39. The summed E-state index contributed by atoms with van der Waals surface area (Å²) in [6.07, 6.45) is 0. The Kier molecular flexibility index (Phi) is 8.43. The first kappa shape index (κ1) is 34.4. The van der Waals surface area contributed by atoms with Crippen molar-refractivity contribution in [2.75, 3.05) is 9.80 Å². The second-order valence-corrected chi connectivity index (χ2v) is 15.9.